The number of thioether (sulfide) groups is 1. The van der Waals surface area contributed by atoms with Crippen LogP contribution in [0.2, 0.25) is 0 Å². The number of amides is 3. The van der Waals surface area contributed by atoms with E-state index in [1.165, 1.54) is 0 Å². The number of ether oxygens (including phenoxy) is 1. The first-order chi connectivity index (χ1) is 11.2. The number of hydrogen-bond acceptors (Lipinski definition) is 4. The minimum atomic E-state index is -0.0960. The topological polar surface area (TPSA) is 61.9 Å². The van der Waals surface area contributed by atoms with Crippen LogP contribution in [0.15, 0.2) is 24.3 Å². The predicted octanol–water partition coefficient (Wildman–Crippen LogP) is 1.74. The van der Waals surface area contributed by atoms with Crippen LogP contribution < -0.4 is 5.32 Å². The predicted molar refractivity (Wildman–Crippen MR) is 91.1 cm³/mol. The molecule has 7 heteroatoms. The summed E-state index contributed by atoms with van der Waals surface area (Å²) < 4.78 is 5.27. The van der Waals surface area contributed by atoms with E-state index in [-0.39, 0.29) is 11.9 Å². The van der Waals surface area contributed by atoms with Gasteiger partial charge in [-0.1, -0.05) is 6.07 Å². The first kappa shape index (κ1) is 16.1. The number of anilines is 1. The third kappa shape index (κ3) is 4.17. The van der Waals surface area contributed by atoms with Gasteiger partial charge in [0.15, 0.2) is 0 Å². The maximum absolute atomic E-state index is 12.5. The molecule has 1 N–H and O–H groups in total. The molecule has 124 valence electrons. The second kappa shape index (κ2) is 7.70. The van der Waals surface area contributed by atoms with Gasteiger partial charge in [-0.05, 0) is 18.2 Å². The molecule has 2 saturated heterocycles. The van der Waals surface area contributed by atoms with E-state index in [0.717, 1.165) is 24.6 Å². The highest BCUT2D eigenvalue weighted by Gasteiger charge is 2.20. The molecule has 6 nitrogen and oxygen atoms in total. The zero-order valence-electron chi connectivity index (χ0n) is 13.0. The van der Waals surface area contributed by atoms with Crippen molar-refractivity contribution in [2.24, 2.45) is 0 Å². The van der Waals surface area contributed by atoms with Gasteiger partial charge in [0.25, 0.3) is 5.91 Å². The maximum Gasteiger partial charge on any atom is 0.321 e. The molecule has 0 aromatic heterocycles. The van der Waals surface area contributed by atoms with Crippen LogP contribution in [0.3, 0.4) is 0 Å². The average molecular weight is 335 g/mol. The summed E-state index contributed by atoms with van der Waals surface area (Å²) in [7, 11) is 0. The first-order valence-corrected chi connectivity index (χ1v) is 9.00. The number of hydrogen-bond donors (Lipinski definition) is 1. The van der Waals surface area contributed by atoms with Crippen LogP contribution in [0, 0.1) is 0 Å². The fourth-order valence-corrected chi connectivity index (χ4v) is 3.55. The van der Waals surface area contributed by atoms with Gasteiger partial charge in [-0.2, -0.15) is 11.8 Å². The Morgan fingerprint density at radius 2 is 1.78 bits per heavy atom. The Hall–Kier alpha value is -1.73. The third-order valence-corrected chi connectivity index (χ3v) is 4.90. The molecular formula is C16H21N3O3S. The van der Waals surface area contributed by atoms with E-state index in [1.54, 1.807) is 23.1 Å². The average Bonchev–Trinajstić information content (AvgIpc) is 2.63. The molecule has 1 aromatic rings. The smallest absolute Gasteiger partial charge is 0.321 e. The van der Waals surface area contributed by atoms with E-state index in [9.17, 15) is 9.59 Å². The molecule has 0 atom stereocenters. The number of carbonyl (C=O) groups is 2. The monoisotopic (exact) mass is 335 g/mol. The SMILES string of the molecule is O=C(Nc1cccc(C(=O)N2CCOCC2)c1)N1CCSCC1. The molecule has 0 unspecified atom stereocenters. The Kier molecular flexibility index (Phi) is 5.40. The van der Waals surface area contributed by atoms with Gasteiger partial charge in [0.1, 0.15) is 0 Å². The summed E-state index contributed by atoms with van der Waals surface area (Å²) in [6, 6.07) is 7.04. The summed E-state index contributed by atoms with van der Waals surface area (Å²) in [5, 5.41) is 2.89. The Labute approximate surface area is 140 Å². The van der Waals surface area contributed by atoms with Crippen molar-refractivity contribution in [3.63, 3.8) is 0 Å². The van der Waals surface area contributed by atoms with Crippen LogP contribution >= 0.6 is 11.8 Å². The molecule has 3 amide bonds. The molecule has 0 spiro atoms. The zero-order valence-corrected chi connectivity index (χ0v) is 13.8. The second-order valence-corrected chi connectivity index (χ2v) is 6.74. The van der Waals surface area contributed by atoms with Crippen molar-refractivity contribution in [1.29, 1.82) is 0 Å². The Morgan fingerprint density at radius 3 is 2.52 bits per heavy atom. The van der Waals surface area contributed by atoms with Crippen LogP contribution in [0.5, 0.6) is 0 Å². The molecule has 2 heterocycles. The van der Waals surface area contributed by atoms with Gasteiger partial charge in [-0.15, -0.1) is 0 Å². The van der Waals surface area contributed by atoms with Gasteiger partial charge in [0, 0.05) is 48.9 Å². The number of benzene rings is 1. The van der Waals surface area contributed by atoms with E-state index in [0.29, 0.717) is 37.6 Å². The van der Waals surface area contributed by atoms with E-state index < -0.39 is 0 Å². The minimum Gasteiger partial charge on any atom is -0.378 e. The molecule has 2 fully saturated rings. The summed E-state index contributed by atoms with van der Waals surface area (Å²) >= 11 is 1.86. The van der Waals surface area contributed by atoms with Crippen molar-refractivity contribution >= 4 is 29.4 Å². The fraction of sp³-hybridized carbons (Fsp3) is 0.500. The van der Waals surface area contributed by atoms with Crippen molar-refractivity contribution < 1.29 is 14.3 Å². The molecule has 2 aliphatic heterocycles. The lowest BCUT2D eigenvalue weighted by molar-refractivity contribution is 0.0303. The molecule has 23 heavy (non-hydrogen) atoms. The lowest BCUT2D eigenvalue weighted by Crippen LogP contribution is -2.41. The normalized spacial score (nSPS) is 18.6. The van der Waals surface area contributed by atoms with Crippen molar-refractivity contribution in [1.82, 2.24) is 9.80 Å². The van der Waals surface area contributed by atoms with Crippen molar-refractivity contribution in [2.45, 2.75) is 0 Å². The molecule has 0 aliphatic carbocycles. The lowest BCUT2D eigenvalue weighted by Gasteiger charge is -2.27. The van der Waals surface area contributed by atoms with E-state index in [2.05, 4.69) is 5.32 Å². The first-order valence-electron chi connectivity index (χ1n) is 7.85. The van der Waals surface area contributed by atoms with Gasteiger partial charge in [-0.25, -0.2) is 4.79 Å². The summed E-state index contributed by atoms with van der Waals surface area (Å²) in [5.74, 6) is 1.94. The quantitative estimate of drug-likeness (QED) is 0.894. The molecule has 1 aromatic carbocycles. The minimum absolute atomic E-state index is 0.0150. The molecule has 0 bridgehead atoms. The number of nitrogens with one attached hydrogen (secondary N) is 1. The zero-order chi connectivity index (χ0) is 16.1. The standard InChI is InChI=1S/C16H21N3O3S/c20-15(18-4-8-22-9-5-18)13-2-1-3-14(12-13)17-16(21)19-6-10-23-11-7-19/h1-3,12H,4-11H2,(H,17,21). The van der Waals surface area contributed by atoms with Gasteiger partial charge in [0.2, 0.25) is 0 Å². The Bertz CT molecular complexity index is 569. The van der Waals surface area contributed by atoms with E-state index >= 15 is 0 Å². The van der Waals surface area contributed by atoms with E-state index in [1.807, 2.05) is 22.7 Å². The molecule has 0 radical (unpaired) electrons. The summed E-state index contributed by atoms with van der Waals surface area (Å²) in [5.41, 5.74) is 1.26. The Balaban J connectivity index is 1.64. The molecular weight excluding hydrogens is 314 g/mol. The summed E-state index contributed by atoms with van der Waals surface area (Å²) in [6.45, 7) is 3.91. The molecule has 0 saturated carbocycles. The van der Waals surface area contributed by atoms with Gasteiger partial charge in [-0.3, -0.25) is 4.79 Å². The van der Waals surface area contributed by atoms with Crippen molar-refractivity contribution in [3.05, 3.63) is 29.8 Å². The summed E-state index contributed by atoms with van der Waals surface area (Å²) in [6.07, 6.45) is 0. The number of morpholine rings is 1. The highest BCUT2D eigenvalue weighted by molar-refractivity contribution is 7.99. The van der Waals surface area contributed by atoms with E-state index in [4.69, 9.17) is 4.74 Å². The third-order valence-electron chi connectivity index (χ3n) is 3.96. The largest absolute Gasteiger partial charge is 0.378 e. The fourth-order valence-electron chi connectivity index (χ4n) is 2.65. The number of carbonyl (C=O) groups excluding carboxylic acids is 2. The van der Waals surface area contributed by atoms with Gasteiger partial charge >= 0.3 is 6.03 Å². The van der Waals surface area contributed by atoms with Crippen LogP contribution in [0.1, 0.15) is 10.4 Å². The van der Waals surface area contributed by atoms with Crippen LogP contribution in [0.4, 0.5) is 10.5 Å². The number of urea groups is 1. The highest BCUT2D eigenvalue weighted by atomic mass is 32.2. The highest BCUT2D eigenvalue weighted by Crippen LogP contribution is 2.16. The van der Waals surface area contributed by atoms with Crippen LogP contribution in [0.25, 0.3) is 0 Å². The van der Waals surface area contributed by atoms with Crippen LogP contribution in [-0.4, -0.2) is 72.6 Å². The van der Waals surface area contributed by atoms with Crippen molar-refractivity contribution in [3.8, 4) is 0 Å². The van der Waals surface area contributed by atoms with Crippen molar-refractivity contribution in [2.75, 3.05) is 56.2 Å². The number of nitrogens with zero attached hydrogens (tertiary/aromatic N) is 2. The van der Waals surface area contributed by atoms with Crippen LogP contribution in [-0.2, 0) is 4.74 Å². The van der Waals surface area contributed by atoms with Gasteiger partial charge in [0.05, 0.1) is 13.2 Å². The Morgan fingerprint density at radius 1 is 1.04 bits per heavy atom. The maximum atomic E-state index is 12.5. The van der Waals surface area contributed by atoms with Gasteiger partial charge < -0.3 is 19.9 Å². The second-order valence-electron chi connectivity index (χ2n) is 5.51. The molecule has 3 rings (SSSR count). The lowest BCUT2D eigenvalue weighted by atomic mass is 10.1. The number of rotatable bonds is 2. The molecule has 2 aliphatic rings. The summed E-state index contributed by atoms with van der Waals surface area (Å²) in [4.78, 5) is 28.3.